The van der Waals surface area contributed by atoms with Crippen molar-refractivity contribution in [1.29, 1.82) is 0 Å². The summed E-state index contributed by atoms with van der Waals surface area (Å²) in [7, 11) is -3.59. The standard InChI is InChI=1S/C26H36F3N3O4S/c1-17-21-16-32(9-5-25(6-11-36-12-7-25)31-37(34,35)13-10-33)8-4-18(21)14-23-24(17)20-15-19(26(27,28)29)2-3-22(20)30-23/h2-3,15,17-18,21,30-31,33H,4-14,16H2,1H3/t17-,18-,21-/m1/s1. The van der Waals surface area contributed by atoms with Gasteiger partial charge in [0.1, 0.15) is 0 Å². The number of sulfonamides is 1. The van der Waals surface area contributed by atoms with E-state index in [1.54, 1.807) is 6.07 Å². The normalized spacial score (nSPS) is 26.7. The summed E-state index contributed by atoms with van der Waals surface area (Å²) >= 11 is 0. The van der Waals surface area contributed by atoms with Crippen molar-refractivity contribution >= 4 is 20.9 Å². The van der Waals surface area contributed by atoms with E-state index in [9.17, 15) is 21.6 Å². The third-order valence-electron chi connectivity index (χ3n) is 8.79. The first-order valence-corrected chi connectivity index (χ1v) is 14.8. The van der Waals surface area contributed by atoms with E-state index >= 15 is 0 Å². The minimum absolute atomic E-state index is 0.119. The van der Waals surface area contributed by atoms with E-state index in [0.29, 0.717) is 49.7 Å². The van der Waals surface area contributed by atoms with Crippen molar-refractivity contribution < 1.29 is 31.4 Å². The Morgan fingerprint density at radius 3 is 2.73 bits per heavy atom. The second-order valence-electron chi connectivity index (χ2n) is 11.1. The lowest BCUT2D eigenvalue weighted by molar-refractivity contribution is -0.137. The van der Waals surface area contributed by atoms with Crippen LogP contribution < -0.4 is 4.72 Å². The molecule has 1 aliphatic carbocycles. The van der Waals surface area contributed by atoms with Crippen molar-refractivity contribution in [2.45, 2.75) is 56.7 Å². The summed E-state index contributed by atoms with van der Waals surface area (Å²) in [6, 6.07) is 3.98. The van der Waals surface area contributed by atoms with Crippen LogP contribution in [0.4, 0.5) is 13.2 Å². The van der Waals surface area contributed by atoms with E-state index in [1.165, 1.54) is 6.07 Å². The minimum atomic E-state index is -4.38. The number of hydrogen-bond acceptors (Lipinski definition) is 5. The molecule has 0 unspecified atom stereocenters. The molecule has 2 aromatic rings. The monoisotopic (exact) mass is 543 g/mol. The summed E-state index contributed by atoms with van der Waals surface area (Å²) in [6.07, 6.45) is -0.692. The van der Waals surface area contributed by atoms with Crippen LogP contribution in [0.5, 0.6) is 0 Å². The summed E-state index contributed by atoms with van der Waals surface area (Å²) in [5.41, 5.74) is 1.64. The Labute approximate surface area is 215 Å². The number of benzene rings is 1. The number of likely N-dealkylation sites (tertiary alicyclic amines) is 1. The van der Waals surface area contributed by atoms with Crippen LogP contribution in [-0.4, -0.2) is 74.2 Å². The number of nitrogens with one attached hydrogen (secondary N) is 2. The van der Waals surface area contributed by atoms with E-state index in [4.69, 9.17) is 9.84 Å². The van der Waals surface area contributed by atoms with E-state index in [2.05, 4.69) is 21.5 Å². The number of hydrogen-bond donors (Lipinski definition) is 3. The summed E-state index contributed by atoms with van der Waals surface area (Å²) < 4.78 is 73.5. The summed E-state index contributed by atoms with van der Waals surface area (Å²) in [4.78, 5) is 5.78. The number of aliphatic hydroxyl groups excluding tert-OH is 1. The maximum absolute atomic E-state index is 13.4. The first-order chi connectivity index (χ1) is 17.5. The molecule has 0 amide bonds. The Morgan fingerprint density at radius 2 is 2.03 bits per heavy atom. The number of piperidine rings is 1. The fourth-order valence-electron chi connectivity index (χ4n) is 6.76. The largest absolute Gasteiger partial charge is 0.416 e. The molecule has 11 heteroatoms. The number of aliphatic hydroxyl groups is 1. The quantitative estimate of drug-likeness (QED) is 0.496. The Bertz CT molecular complexity index is 1220. The van der Waals surface area contributed by atoms with Crippen LogP contribution in [0.25, 0.3) is 10.9 Å². The highest BCUT2D eigenvalue weighted by Crippen LogP contribution is 2.47. The number of ether oxygens (including phenoxy) is 1. The molecule has 3 atom stereocenters. The SMILES string of the molecule is C[C@H]1c2c([nH]c3ccc(C(F)(F)F)cc23)C[C@H]2CCN(CCC3(NS(=O)(=O)CCO)CCOCC3)C[C@@H]21. The molecular weight excluding hydrogens is 507 g/mol. The van der Waals surface area contributed by atoms with Crippen LogP contribution >= 0.6 is 0 Å². The minimum Gasteiger partial charge on any atom is -0.395 e. The molecule has 2 fully saturated rings. The van der Waals surface area contributed by atoms with Crippen LogP contribution in [0, 0.1) is 11.8 Å². The van der Waals surface area contributed by atoms with Crippen LogP contribution in [0.1, 0.15) is 55.3 Å². The van der Waals surface area contributed by atoms with Gasteiger partial charge in [-0.3, -0.25) is 0 Å². The van der Waals surface area contributed by atoms with E-state index in [0.717, 1.165) is 55.3 Å². The molecule has 0 bridgehead atoms. The third-order valence-corrected chi connectivity index (χ3v) is 10.3. The molecule has 0 saturated carbocycles. The van der Waals surface area contributed by atoms with Crippen LogP contribution in [-0.2, 0) is 27.4 Å². The van der Waals surface area contributed by atoms with E-state index in [1.807, 2.05) is 0 Å². The Kier molecular flexibility index (Phi) is 7.38. The zero-order valence-electron chi connectivity index (χ0n) is 21.1. The first-order valence-electron chi connectivity index (χ1n) is 13.1. The van der Waals surface area contributed by atoms with Gasteiger partial charge >= 0.3 is 6.18 Å². The fraction of sp³-hybridized carbons (Fsp3) is 0.692. The van der Waals surface area contributed by atoms with Gasteiger partial charge in [-0.25, -0.2) is 13.1 Å². The van der Waals surface area contributed by atoms with Crippen molar-refractivity contribution in [2.24, 2.45) is 11.8 Å². The molecule has 3 heterocycles. The van der Waals surface area contributed by atoms with Gasteiger partial charge in [-0.15, -0.1) is 0 Å². The topological polar surface area (TPSA) is 94.7 Å². The lowest BCUT2D eigenvalue weighted by atomic mass is 9.68. The highest BCUT2D eigenvalue weighted by molar-refractivity contribution is 7.89. The predicted octanol–water partition coefficient (Wildman–Crippen LogP) is 3.64. The number of halogens is 3. The zero-order valence-corrected chi connectivity index (χ0v) is 21.9. The maximum atomic E-state index is 13.4. The Balaban J connectivity index is 1.32. The molecule has 0 radical (unpaired) electrons. The van der Waals surface area contributed by atoms with Crippen molar-refractivity contribution in [3.8, 4) is 0 Å². The van der Waals surface area contributed by atoms with Crippen molar-refractivity contribution in [1.82, 2.24) is 14.6 Å². The molecule has 5 rings (SSSR count). The van der Waals surface area contributed by atoms with Crippen molar-refractivity contribution in [2.75, 3.05) is 45.2 Å². The molecule has 2 aliphatic heterocycles. The van der Waals surface area contributed by atoms with Crippen LogP contribution in [0.15, 0.2) is 18.2 Å². The molecule has 0 spiro atoms. The average molecular weight is 544 g/mol. The molecule has 3 aliphatic rings. The van der Waals surface area contributed by atoms with Gasteiger partial charge in [0.2, 0.25) is 10.0 Å². The van der Waals surface area contributed by atoms with Crippen LogP contribution in [0.3, 0.4) is 0 Å². The summed E-state index contributed by atoms with van der Waals surface area (Å²) in [6.45, 7) is 5.19. The number of fused-ring (bicyclic) bond motifs is 4. The lowest BCUT2D eigenvalue weighted by Gasteiger charge is -2.46. The number of H-pyrrole nitrogens is 1. The van der Waals surface area contributed by atoms with Crippen molar-refractivity contribution in [3.63, 3.8) is 0 Å². The highest BCUT2D eigenvalue weighted by Gasteiger charge is 2.42. The number of aromatic amines is 1. The molecular formula is C26H36F3N3O4S. The summed E-state index contributed by atoms with van der Waals surface area (Å²) in [5, 5.41) is 9.82. The third kappa shape index (κ3) is 5.56. The Hall–Kier alpha value is -1.66. The molecule has 37 heavy (non-hydrogen) atoms. The second-order valence-corrected chi connectivity index (χ2v) is 12.9. The highest BCUT2D eigenvalue weighted by atomic mass is 32.2. The van der Waals surface area contributed by atoms with E-state index in [-0.39, 0.29) is 11.7 Å². The van der Waals surface area contributed by atoms with Crippen molar-refractivity contribution in [3.05, 3.63) is 35.0 Å². The maximum Gasteiger partial charge on any atom is 0.416 e. The predicted molar refractivity (Wildman–Crippen MR) is 135 cm³/mol. The molecule has 3 N–H and O–H groups in total. The smallest absolute Gasteiger partial charge is 0.395 e. The fourth-order valence-corrected chi connectivity index (χ4v) is 8.07. The van der Waals surface area contributed by atoms with Gasteiger partial charge in [0.15, 0.2) is 0 Å². The number of alkyl halides is 3. The molecule has 206 valence electrons. The lowest BCUT2D eigenvalue weighted by Crippen LogP contribution is -2.55. The summed E-state index contributed by atoms with van der Waals surface area (Å²) in [5.74, 6) is 0.596. The average Bonchev–Trinajstić information content (AvgIpc) is 3.20. The molecule has 1 aromatic heterocycles. The van der Waals surface area contributed by atoms with Gasteiger partial charge in [-0.1, -0.05) is 6.92 Å². The van der Waals surface area contributed by atoms with Gasteiger partial charge in [0, 0.05) is 41.9 Å². The molecule has 7 nitrogen and oxygen atoms in total. The van der Waals surface area contributed by atoms with E-state index < -0.39 is 33.9 Å². The van der Waals surface area contributed by atoms with Gasteiger partial charge in [-0.2, -0.15) is 13.2 Å². The first kappa shape index (κ1) is 26.9. The second kappa shape index (κ2) is 10.1. The number of rotatable bonds is 7. The number of nitrogens with zero attached hydrogens (tertiary/aromatic N) is 1. The van der Waals surface area contributed by atoms with Gasteiger partial charge < -0.3 is 19.7 Å². The zero-order chi connectivity index (χ0) is 26.4. The molecule has 2 saturated heterocycles. The number of aromatic nitrogens is 1. The molecule has 1 aromatic carbocycles. The Morgan fingerprint density at radius 1 is 1.27 bits per heavy atom. The van der Waals surface area contributed by atoms with Gasteiger partial charge in [0.25, 0.3) is 0 Å². The van der Waals surface area contributed by atoms with Crippen LogP contribution in [0.2, 0.25) is 0 Å². The van der Waals surface area contributed by atoms with Gasteiger partial charge in [-0.05, 0) is 86.7 Å². The van der Waals surface area contributed by atoms with Gasteiger partial charge in [0.05, 0.1) is 17.9 Å².